The summed E-state index contributed by atoms with van der Waals surface area (Å²) in [5, 5.41) is 7.05. The second-order valence-electron chi connectivity index (χ2n) is 5.52. The lowest BCUT2D eigenvalue weighted by Crippen LogP contribution is -2.07. The van der Waals surface area contributed by atoms with E-state index in [9.17, 15) is 0 Å². The number of nitrogens with zero attached hydrogens (tertiary/aromatic N) is 5. The third-order valence-corrected chi connectivity index (χ3v) is 5.32. The van der Waals surface area contributed by atoms with E-state index in [-0.39, 0.29) is 5.95 Å². The third-order valence-electron chi connectivity index (χ3n) is 3.95. The van der Waals surface area contributed by atoms with Crippen LogP contribution in [0.1, 0.15) is 17.0 Å². The van der Waals surface area contributed by atoms with Gasteiger partial charge in [0, 0.05) is 23.9 Å². The molecule has 0 atom stereocenters. The van der Waals surface area contributed by atoms with E-state index >= 15 is 0 Å². The molecule has 0 spiro atoms. The molecule has 2 N–H and O–H groups in total. The number of aryl methyl sites for hydroxylation is 2. The van der Waals surface area contributed by atoms with Gasteiger partial charge in [-0.05, 0) is 6.92 Å². The van der Waals surface area contributed by atoms with Gasteiger partial charge in [-0.2, -0.15) is 10.1 Å². The van der Waals surface area contributed by atoms with Gasteiger partial charge < -0.3 is 10.5 Å². The van der Waals surface area contributed by atoms with Crippen LogP contribution in [0, 0.1) is 6.92 Å². The fraction of sp³-hybridized carbons (Fsp3) is 0.333. The smallest absolute Gasteiger partial charge is 0.223 e. The van der Waals surface area contributed by atoms with Crippen molar-refractivity contribution in [3.8, 4) is 5.75 Å². The number of thioether (sulfide) groups is 1. The highest BCUT2D eigenvalue weighted by Gasteiger charge is 2.23. The molecule has 7 nitrogen and oxygen atoms in total. The predicted octanol–water partition coefficient (Wildman–Crippen LogP) is 2.47. The first-order valence-corrected chi connectivity index (χ1v) is 8.78. The number of aromatic nitrogens is 5. The summed E-state index contributed by atoms with van der Waals surface area (Å²) in [4.78, 5) is 13.1. The molecule has 0 radical (unpaired) electrons. The summed E-state index contributed by atoms with van der Waals surface area (Å²) in [5.74, 6) is 1.82. The van der Waals surface area contributed by atoms with Gasteiger partial charge in [-0.15, -0.1) is 11.8 Å². The van der Waals surface area contributed by atoms with Crippen molar-refractivity contribution in [1.82, 2.24) is 24.7 Å². The summed E-state index contributed by atoms with van der Waals surface area (Å²) in [6.45, 7) is 2.30. The SMILES string of the molecule is COc1c(C)cnc(Cn2nc3c4c(nc(N)nc42)SCC3)c1Cl. The number of nitrogen functional groups attached to an aromatic ring is 1. The summed E-state index contributed by atoms with van der Waals surface area (Å²) in [5.41, 5.74) is 9.14. The fourth-order valence-electron chi connectivity index (χ4n) is 2.86. The zero-order valence-electron chi connectivity index (χ0n) is 13.2. The Bertz CT molecular complexity index is 957. The van der Waals surface area contributed by atoms with Crippen molar-refractivity contribution >= 4 is 40.3 Å². The Morgan fingerprint density at radius 3 is 3.04 bits per heavy atom. The van der Waals surface area contributed by atoms with Gasteiger partial charge in [-0.1, -0.05) is 11.6 Å². The molecule has 124 valence electrons. The summed E-state index contributed by atoms with van der Waals surface area (Å²) < 4.78 is 7.16. The first kappa shape index (κ1) is 15.5. The molecule has 0 saturated heterocycles. The van der Waals surface area contributed by atoms with Crippen molar-refractivity contribution < 1.29 is 4.74 Å². The van der Waals surface area contributed by atoms with Crippen molar-refractivity contribution in [2.45, 2.75) is 24.9 Å². The predicted molar refractivity (Wildman–Crippen MR) is 93.8 cm³/mol. The largest absolute Gasteiger partial charge is 0.495 e. The van der Waals surface area contributed by atoms with Crippen LogP contribution in [0.2, 0.25) is 5.02 Å². The van der Waals surface area contributed by atoms with Crippen LogP contribution in [0.3, 0.4) is 0 Å². The van der Waals surface area contributed by atoms with Crippen molar-refractivity contribution in [2.75, 3.05) is 18.6 Å². The zero-order chi connectivity index (χ0) is 16.8. The van der Waals surface area contributed by atoms with E-state index in [1.54, 1.807) is 29.8 Å². The second kappa shape index (κ2) is 5.78. The lowest BCUT2D eigenvalue weighted by Gasteiger charge is -2.11. The van der Waals surface area contributed by atoms with Crippen LogP contribution in [0.5, 0.6) is 5.75 Å². The number of nitrogens with two attached hydrogens (primary N) is 1. The van der Waals surface area contributed by atoms with Crippen molar-refractivity contribution in [1.29, 1.82) is 0 Å². The van der Waals surface area contributed by atoms with Crippen LogP contribution >= 0.6 is 23.4 Å². The minimum Gasteiger partial charge on any atom is -0.495 e. The molecule has 24 heavy (non-hydrogen) atoms. The van der Waals surface area contributed by atoms with Gasteiger partial charge in [0.05, 0.1) is 30.4 Å². The fourth-order valence-corrected chi connectivity index (χ4v) is 4.19. The molecule has 3 aromatic rings. The number of ether oxygens (including phenoxy) is 1. The molecule has 1 aliphatic rings. The minimum atomic E-state index is 0.250. The maximum absolute atomic E-state index is 6.44. The Kier molecular flexibility index (Phi) is 3.73. The topological polar surface area (TPSA) is 91.7 Å². The molecule has 4 rings (SSSR count). The third kappa shape index (κ3) is 2.37. The number of rotatable bonds is 3. The van der Waals surface area contributed by atoms with Gasteiger partial charge in [-0.3, -0.25) is 4.98 Å². The van der Waals surface area contributed by atoms with Gasteiger partial charge in [0.15, 0.2) is 5.65 Å². The van der Waals surface area contributed by atoms with Gasteiger partial charge in [-0.25, -0.2) is 9.67 Å². The number of pyridine rings is 1. The second-order valence-corrected chi connectivity index (χ2v) is 6.99. The zero-order valence-corrected chi connectivity index (χ0v) is 14.8. The number of halogens is 1. The van der Waals surface area contributed by atoms with Crippen LogP contribution < -0.4 is 10.5 Å². The molecule has 4 heterocycles. The molecular weight excluding hydrogens is 348 g/mol. The van der Waals surface area contributed by atoms with Gasteiger partial charge >= 0.3 is 0 Å². The monoisotopic (exact) mass is 362 g/mol. The van der Waals surface area contributed by atoms with Gasteiger partial charge in [0.25, 0.3) is 0 Å². The molecule has 0 saturated carbocycles. The average Bonchev–Trinajstić information content (AvgIpc) is 2.90. The molecule has 0 aliphatic carbocycles. The first-order chi connectivity index (χ1) is 11.6. The molecule has 0 aromatic carbocycles. The van der Waals surface area contributed by atoms with E-state index in [1.165, 1.54) is 0 Å². The van der Waals surface area contributed by atoms with Gasteiger partial charge in [0.1, 0.15) is 15.8 Å². The van der Waals surface area contributed by atoms with Crippen molar-refractivity contribution in [3.05, 3.63) is 28.2 Å². The minimum absolute atomic E-state index is 0.250. The van der Waals surface area contributed by atoms with Crippen LogP contribution in [-0.2, 0) is 13.0 Å². The normalized spacial score (nSPS) is 13.5. The molecule has 1 aliphatic heterocycles. The first-order valence-electron chi connectivity index (χ1n) is 7.42. The summed E-state index contributed by atoms with van der Waals surface area (Å²) in [6, 6.07) is 0. The number of methoxy groups -OCH3 is 1. The Hall–Kier alpha value is -2.06. The Morgan fingerprint density at radius 1 is 1.42 bits per heavy atom. The molecule has 0 amide bonds. The number of hydrogen-bond acceptors (Lipinski definition) is 7. The maximum Gasteiger partial charge on any atom is 0.223 e. The standard InChI is InChI=1S/C15H15ClN6OS/c1-7-5-18-9(11(16)12(7)23-2)6-22-13-10-8(21-22)3-4-24-14(10)20-15(17)19-13/h5H,3-4,6H2,1-2H3,(H2,17,19,20). The number of anilines is 1. The van der Waals surface area contributed by atoms with Crippen LogP contribution in [0.15, 0.2) is 11.2 Å². The van der Waals surface area contributed by atoms with E-state index < -0.39 is 0 Å². The van der Waals surface area contributed by atoms with E-state index in [2.05, 4.69) is 20.1 Å². The lowest BCUT2D eigenvalue weighted by atomic mass is 10.2. The molecular formula is C15H15ClN6OS. The van der Waals surface area contributed by atoms with Crippen molar-refractivity contribution in [3.63, 3.8) is 0 Å². The summed E-state index contributed by atoms with van der Waals surface area (Å²) >= 11 is 8.12. The van der Waals surface area contributed by atoms with Crippen LogP contribution in [-0.4, -0.2) is 37.6 Å². The van der Waals surface area contributed by atoms with Gasteiger partial charge in [0.2, 0.25) is 5.95 Å². The van der Waals surface area contributed by atoms with Crippen molar-refractivity contribution in [2.24, 2.45) is 0 Å². The number of hydrogen-bond donors (Lipinski definition) is 1. The summed E-state index contributed by atoms with van der Waals surface area (Å²) in [6.07, 6.45) is 2.63. The Balaban J connectivity index is 1.85. The van der Waals surface area contributed by atoms with Crippen LogP contribution in [0.4, 0.5) is 5.95 Å². The molecule has 0 fully saturated rings. The lowest BCUT2D eigenvalue weighted by molar-refractivity contribution is 0.410. The van der Waals surface area contributed by atoms with E-state index in [0.29, 0.717) is 23.0 Å². The average molecular weight is 363 g/mol. The Morgan fingerprint density at radius 2 is 2.25 bits per heavy atom. The highest BCUT2D eigenvalue weighted by molar-refractivity contribution is 7.99. The van der Waals surface area contributed by atoms with Crippen LogP contribution in [0.25, 0.3) is 11.0 Å². The maximum atomic E-state index is 6.44. The molecule has 9 heteroatoms. The van der Waals surface area contributed by atoms with E-state index in [4.69, 9.17) is 22.1 Å². The quantitative estimate of drug-likeness (QED) is 0.715. The molecule has 0 bridgehead atoms. The highest BCUT2D eigenvalue weighted by atomic mass is 35.5. The Labute approximate surface area is 147 Å². The summed E-state index contributed by atoms with van der Waals surface area (Å²) in [7, 11) is 1.60. The highest BCUT2D eigenvalue weighted by Crippen LogP contribution is 2.35. The molecule has 3 aromatic heterocycles. The van der Waals surface area contributed by atoms with E-state index in [0.717, 1.165) is 39.5 Å². The molecule has 0 unspecified atom stereocenters. The van der Waals surface area contributed by atoms with E-state index in [1.807, 2.05) is 6.92 Å².